The van der Waals surface area contributed by atoms with Gasteiger partial charge in [0, 0.05) is 19.5 Å². The zero-order valence-electron chi connectivity index (χ0n) is 12.9. The van der Waals surface area contributed by atoms with E-state index in [0.717, 1.165) is 0 Å². The van der Waals surface area contributed by atoms with Crippen LogP contribution in [0.15, 0.2) is 0 Å². The van der Waals surface area contributed by atoms with Gasteiger partial charge in [0.1, 0.15) is 11.6 Å². The standard InChI is InChI=1S/C14H24N2O5/c1-14(2,3)21-13(19)16-9-10(17)8-11(16)12(18)15-4-6-20-7-5-15/h10-11,17H,4-9H2,1-3H3/t10-,11+/m0/s1. The predicted octanol–water partition coefficient (Wildman–Crippen LogP) is 0.215. The van der Waals surface area contributed by atoms with Gasteiger partial charge in [-0.2, -0.15) is 0 Å². The smallest absolute Gasteiger partial charge is 0.411 e. The lowest BCUT2D eigenvalue weighted by atomic mass is 10.1. The summed E-state index contributed by atoms with van der Waals surface area (Å²) in [5.41, 5.74) is -0.628. The molecule has 0 aromatic rings. The molecule has 0 aliphatic carbocycles. The number of carbonyl (C=O) groups excluding carboxylic acids is 2. The summed E-state index contributed by atoms with van der Waals surface area (Å²) in [5.74, 6) is -0.138. The van der Waals surface area contributed by atoms with Crippen LogP contribution in [-0.2, 0) is 14.3 Å². The van der Waals surface area contributed by atoms with Crippen molar-refractivity contribution in [3.05, 3.63) is 0 Å². The molecule has 0 unspecified atom stereocenters. The average Bonchev–Trinajstić information content (AvgIpc) is 2.79. The summed E-state index contributed by atoms with van der Waals surface area (Å²) < 4.78 is 10.5. The van der Waals surface area contributed by atoms with E-state index in [0.29, 0.717) is 26.3 Å². The number of β-amino-alcohol motifs (C(OH)–C–C–N with tert-alkyl or cyclic N) is 1. The number of ether oxygens (including phenoxy) is 2. The maximum atomic E-state index is 12.5. The summed E-state index contributed by atoms with van der Waals surface area (Å²) >= 11 is 0. The van der Waals surface area contributed by atoms with E-state index in [-0.39, 0.29) is 18.9 Å². The van der Waals surface area contributed by atoms with E-state index in [4.69, 9.17) is 9.47 Å². The molecule has 0 radical (unpaired) electrons. The topological polar surface area (TPSA) is 79.3 Å². The van der Waals surface area contributed by atoms with E-state index in [2.05, 4.69) is 0 Å². The van der Waals surface area contributed by atoms with E-state index in [1.807, 2.05) is 0 Å². The molecule has 1 N–H and O–H groups in total. The molecule has 2 fully saturated rings. The van der Waals surface area contributed by atoms with Crippen LogP contribution in [0.5, 0.6) is 0 Å². The molecular formula is C14H24N2O5. The Kier molecular flexibility index (Phi) is 4.73. The quantitative estimate of drug-likeness (QED) is 0.749. The SMILES string of the molecule is CC(C)(C)OC(=O)N1C[C@@H](O)C[C@@H]1C(=O)N1CCOCC1. The van der Waals surface area contributed by atoms with Gasteiger partial charge in [-0.1, -0.05) is 0 Å². The van der Waals surface area contributed by atoms with Gasteiger partial charge in [-0.3, -0.25) is 9.69 Å². The number of nitrogens with zero attached hydrogens (tertiary/aromatic N) is 2. The van der Waals surface area contributed by atoms with Gasteiger partial charge in [0.25, 0.3) is 0 Å². The number of rotatable bonds is 1. The van der Waals surface area contributed by atoms with Crippen molar-refractivity contribution >= 4 is 12.0 Å². The van der Waals surface area contributed by atoms with Gasteiger partial charge >= 0.3 is 6.09 Å². The van der Waals surface area contributed by atoms with Crippen molar-refractivity contribution in [2.45, 2.75) is 44.9 Å². The zero-order chi connectivity index (χ0) is 15.6. The van der Waals surface area contributed by atoms with E-state index >= 15 is 0 Å². The molecule has 0 aromatic heterocycles. The second kappa shape index (κ2) is 6.19. The molecule has 0 bridgehead atoms. The van der Waals surface area contributed by atoms with Gasteiger partial charge in [0.2, 0.25) is 5.91 Å². The van der Waals surface area contributed by atoms with Gasteiger partial charge in [-0.15, -0.1) is 0 Å². The van der Waals surface area contributed by atoms with Crippen LogP contribution < -0.4 is 0 Å². The minimum atomic E-state index is -0.687. The number of aliphatic hydroxyl groups is 1. The third-order valence-corrected chi connectivity index (χ3v) is 3.51. The van der Waals surface area contributed by atoms with Crippen molar-refractivity contribution < 1.29 is 24.2 Å². The molecular weight excluding hydrogens is 276 g/mol. The van der Waals surface area contributed by atoms with Crippen molar-refractivity contribution in [2.24, 2.45) is 0 Å². The molecule has 2 rings (SSSR count). The molecule has 7 heteroatoms. The van der Waals surface area contributed by atoms with Gasteiger partial charge < -0.3 is 19.5 Å². The summed E-state index contributed by atoms with van der Waals surface area (Å²) in [7, 11) is 0. The molecule has 21 heavy (non-hydrogen) atoms. The minimum Gasteiger partial charge on any atom is -0.444 e. The van der Waals surface area contributed by atoms with Crippen molar-refractivity contribution in [3.63, 3.8) is 0 Å². The van der Waals surface area contributed by atoms with Gasteiger partial charge in [-0.05, 0) is 20.8 Å². The molecule has 2 atom stereocenters. The Morgan fingerprint density at radius 1 is 1.24 bits per heavy atom. The number of morpholine rings is 1. The van der Waals surface area contributed by atoms with Crippen LogP contribution in [0, 0.1) is 0 Å². The highest BCUT2D eigenvalue weighted by atomic mass is 16.6. The van der Waals surface area contributed by atoms with Crippen molar-refractivity contribution in [1.29, 1.82) is 0 Å². The third-order valence-electron chi connectivity index (χ3n) is 3.51. The van der Waals surface area contributed by atoms with Crippen LogP contribution in [0.2, 0.25) is 0 Å². The number of amides is 2. The van der Waals surface area contributed by atoms with Crippen LogP contribution in [-0.4, -0.2) is 77.5 Å². The van der Waals surface area contributed by atoms with Crippen LogP contribution in [0.4, 0.5) is 4.79 Å². The normalized spacial score (nSPS) is 26.9. The Hall–Kier alpha value is -1.34. The highest BCUT2D eigenvalue weighted by molar-refractivity contribution is 5.86. The van der Waals surface area contributed by atoms with Crippen molar-refractivity contribution in [3.8, 4) is 0 Å². The predicted molar refractivity (Wildman–Crippen MR) is 74.8 cm³/mol. The first-order valence-electron chi connectivity index (χ1n) is 7.32. The molecule has 2 heterocycles. The van der Waals surface area contributed by atoms with Crippen molar-refractivity contribution in [2.75, 3.05) is 32.8 Å². The number of carbonyl (C=O) groups is 2. The Balaban J connectivity index is 2.05. The third kappa shape index (κ3) is 4.07. The first-order chi connectivity index (χ1) is 9.78. The van der Waals surface area contributed by atoms with E-state index in [1.165, 1.54) is 4.90 Å². The van der Waals surface area contributed by atoms with Crippen molar-refractivity contribution in [1.82, 2.24) is 9.80 Å². The van der Waals surface area contributed by atoms with Crippen LogP contribution in [0.1, 0.15) is 27.2 Å². The summed E-state index contributed by atoms with van der Waals surface area (Å²) in [6.07, 6.45) is -0.978. The average molecular weight is 300 g/mol. The summed E-state index contributed by atoms with van der Waals surface area (Å²) in [6.45, 7) is 7.51. The second-order valence-electron chi connectivity index (χ2n) is 6.48. The lowest BCUT2D eigenvalue weighted by Gasteiger charge is -2.33. The van der Waals surface area contributed by atoms with E-state index in [1.54, 1.807) is 25.7 Å². The maximum absolute atomic E-state index is 12.5. The monoisotopic (exact) mass is 300 g/mol. The summed E-state index contributed by atoms with van der Waals surface area (Å²) in [4.78, 5) is 27.8. The molecule has 7 nitrogen and oxygen atoms in total. The number of aliphatic hydroxyl groups excluding tert-OH is 1. The largest absolute Gasteiger partial charge is 0.444 e. The maximum Gasteiger partial charge on any atom is 0.411 e. The first kappa shape index (κ1) is 16.0. The summed E-state index contributed by atoms with van der Waals surface area (Å²) in [5, 5.41) is 9.82. The molecule has 0 spiro atoms. The number of hydrogen-bond acceptors (Lipinski definition) is 5. The zero-order valence-corrected chi connectivity index (χ0v) is 12.9. The highest BCUT2D eigenvalue weighted by Crippen LogP contribution is 2.23. The fourth-order valence-electron chi connectivity index (χ4n) is 2.56. The van der Waals surface area contributed by atoms with Crippen LogP contribution >= 0.6 is 0 Å². The lowest BCUT2D eigenvalue weighted by Crippen LogP contribution is -2.51. The van der Waals surface area contributed by atoms with Gasteiger partial charge in [0.15, 0.2) is 0 Å². The summed E-state index contributed by atoms with van der Waals surface area (Å²) in [6, 6.07) is -0.645. The Morgan fingerprint density at radius 2 is 1.86 bits per heavy atom. The Bertz CT molecular complexity index is 401. The first-order valence-corrected chi connectivity index (χ1v) is 7.32. The molecule has 0 aromatic carbocycles. The number of likely N-dealkylation sites (tertiary alicyclic amines) is 1. The van der Waals surface area contributed by atoms with Gasteiger partial charge in [-0.25, -0.2) is 4.79 Å². The van der Waals surface area contributed by atoms with E-state index < -0.39 is 23.8 Å². The molecule has 2 aliphatic heterocycles. The molecule has 2 aliphatic rings. The van der Waals surface area contributed by atoms with Gasteiger partial charge in [0.05, 0.1) is 25.9 Å². The van der Waals surface area contributed by atoms with E-state index in [9.17, 15) is 14.7 Å². The number of hydrogen-bond donors (Lipinski definition) is 1. The Morgan fingerprint density at radius 3 is 2.43 bits per heavy atom. The highest BCUT2D eigenvalue weighted by Gasteiger charge is 2.42. The molecule has 120 valence electrons. The fraction of sp³-hybridized carbons (Fsp3) is 0.857. The second-order valence-corrected chi connectivity index (χ2v) is 6.48. The van der Waals surface area contributed by atoms with Crippen LogP contribution in [0.25, 0.3) is 0 Å². The van der Waals surface area contributed by atoms with Crippen LogP contribution in [0.3, 0.4) is 0 Å². The molecule has 2 saturated heterocycles. The lowest BCUT2D eigenvalue weighted by molar-refractivity contribution is -0.140. The molecule has 0 saturated carbocycles. The molecule has 2 amide bonds. The Labute approximate surface area is 124 Å². The fourth-order valence-corrected chi connectivity index (χ4v) is 2.56. The minimum absolute atomic E-state index is 0.135.